The van der Waals surface area contributed by atoms with Crippen molar-refractivity contribution < 1.29 is 4.74 Å². The van der Waals surface area contributed by atoms with Crippen LogP contribution in [-0.4, -0.2) is 34.9 Å². The Hall–Kier alpha value is -2.68. The van der Waals surface area contributed by atoms with E-state index in [1.165, 1.54) is 18.4 Å². The molecule has 1 aliphatic carbocycles. The number of nitrogens with zero attached hydrogens (tertiary/aromatic N) is 5. The van der Waals surface area contributed by atoms with E-state index in [-0.39, 0.29) is 0 Å². The van der Waals surface area contributed by atoms with Crippen molar-refractivity contribution in [2.24, 2.45) is 5.92 Å². The van der Waals surface area contributed by atoms with Crippen LogP contribution in [0.2, 0.25) is 0 Å². The topological polar surface area (TPSA) is 74.9 Å². The fraction of sp³-hybridized carbons (Fsp3) is 0.500. The van der Waals surface area contributed by atoms with Crippen LogP contribution in [0.1, 0.15) is 42.5 Å². The number of hydrogen-bond acceptors (Lipinski definition) is 6. The highest BCUT2D eigenvalue weighted by molar-refractivity contribution is 5.42. The zero-order valence-electron chi connectivity index (χ0n) is 14.9. The van der Waals surface area contributed by atoms with Crippen LogP contribution in [0, 0.1) is 17.2 Å². The molecule has 2 aromatic heterocycles. The Morgan fingerprint density at radius 1 is 1.15 bits per heavy atom. The predicted molar refractivity (Wildman–Crippen MR) is 98.1 cm³/mol. The molecule has 0 atom stereocenters. The minimum atomic E-state index is 0.530. The van der Waals surface area contributed by atoms with Gasteiger partial charge in [-0.15, -0.1) is 5.10 Å². The number of fused-ring (bicyclic) bond motifs is 1. The van der Waals surface area contributed by atoms with E-state index < -0.39 is 0 Å². The van der Waals surface area contributed by atoms with Crippen molar-refractivity contribution in [3.05, 3.63) is 41.2 Å². The monoisotopic (exact) mass is 349 g/mol. The van der Waals surface area contributed by atoms with E-state index in [1.54, 1.807) is 6.20 Å². The quantitative estimate of drug-likeness (QED) is 0.845. The molecule has 6 nitrogen and oxygen atoms in total. The fourth-order valence-electron chi connectivity index (χ4n) is 3.71. The second-order valence-electron chi connectivity index (χ2n) is 7.12. The summed E-state index contributed by atoms with van der Waals surface area (Å²) in [5, 5.41) is 17.4. The molecule has 1 fully saturated rings. The van der Waals surface area contributed by atoms with E-state index in [9.17, 15) is 0 Å². The SMILES string of the molecule is N#Cc1ccc(N2CCC(COc3cc4c(nn3)CCCC4)CC2)nc1. The van der Waals surface area contributed by atoms with E-state index in [2.05, 4.69) is 32.2 Å². The second kappa shape index (κ2) is 7.69. The van der Waals surface area contributed by atoms with Gasteiger partial charge in [0.15, 0.2) is 0 Å². The lowest BCUT2D eigenvalue weighted by atomic mass is 9.97. The van der Waals surface area contributed by atoms with E-state index in [0.717, 1.165) is 50.3 Å². The number of aromatic nitrogens is 3. The Kier molecular flexibility index (Phi) is 4.96. The largest absolute Gasteiger partial charge is 0.476 e. The van der Waals surface area contributed by atoms with Crippen LogP contribution in [0.25, 0.3) is 0 Å². The highest BCUT2D eigenvalue weighted by atomic mass is 16.5. The van der Waals surface area contributed by atoms with Crippen LogP contribution in [0.4, 0.5) is 5.82 Å². The molecule has 4 rings (SSSR count). The Morgan fingerprint density at radius 2 is 2.00 bits per heavy atom. The van der Waals surface area contributed by atoms with Crippen molar-refractivity contribution >= 4 is 5.82 Å². The summed E-state index contributed by atoms with van der Waals surface area (Å²) >= 11 is 0. The summed E-state index contributed by atoms with van der Waals surface area (Å²) in [4.78, 5) is 6.66. The van der Waals surface area contributed by atoms with Gasteiger partial charge >= 0.3 is 0 Å². The van der Waals surface area contributed by atoms with Crippen molar-refractivity contribution in [1.82, 2.24) is 15.2 Å². The lowest BCUT2D eigenvalue weighted by molar-refractivity contribution is 0.213. The zero-order valence-corrected chi connectivity index (χ0v) is 14.9. The molecule has 1 aliphatic heterocycles. The summed E-state index contributed by atoms with van der Waals surface area (Å²) in [6, 6.07) is 7.94. The van der Waals surface area contributed by atoms with Crippen molar-refractivity contribution in [3.8, 4) is 11.9 Å². The minimum Gasteiger partial charge on any atom is -0.476 e. The molecule has 0 aromatic carbocycles. The Balaban J connectivity index is 1.28. The summed E-state index contributed by atoms with van der Waals surface area (Å²) in [5.41, 5.74) is 3.05. The highest BCUT2D eigenvalue weighted by Crippen LogP contribution is 2.24. The third kappa shape index (κ3) is 3.77. The number of piperidine rings is 1. The van der Waals surface area contributed by atoms with Gasteiger partial charge in [-0.2, -0.15) is 10.4 Å². The Morgan fingerprint density at radius 3 is 2.77 bits per heavy atom. The fourth-order valence-corrected chi connectivity index (χ4v) is 3.71. The number of pyridine rings is 1. The van der Waals surface area contributed by atoms with Crippen LogP contribution in [-0.2, 0) is 12.8 Å². The van der Waals surface area contributed by atoms with Crippen LogP contribution in [0.5, 0.6) is 5.88 Å². The van der Waals surface area contributed by atoms with Gasteiger partial charge in [-0.05, 0) is 62.1 Å². The van der Waals surface area contributed by atoms with Crippen LogP contribution in [0.15, 0.2) is 24.4 Å². The van der Waals surface area contributed by atoms with Gasteiger partial charge in [0, 0.05) is 25.4 Å². The maximum atomic E-state index is 8.86. The number of hydrogen-bond donors (Lipinski definition) is 0. The standard InChI is InChI=1S/C20H23N5O/c21-12-16-5-6-19(22-13-16)25-9-7-15(8-10-25)14-26-20-11-17-3-1-2-4-18(17)23-24-20/h5-6,11,13,15H,1-4,7-10,14H2. The molecular weight excluding hydrogens is 326 g/mol. The van der Waals surface area contributed by atoms with Crippen LogP contribution >= 0.6 is 0 Å². The van der Waals surface area contributed by atoms with Gasteiger partial charge in [-0.3, -0.25) is 0 Å². The molecule has 3 heterocycles. The van der Waals surface area contributed by atoms with Crippen LogP contribution < -0.4 is 9.64 Å². The normalized spacial score (nSPS) is 17.4. The maximum absolute atomic E-state index is 8.86. The molecule has 26 heavy (non-hydrogen) atoms. The summed E-state index contributed by atoms with van der Waals surface area (Å²) in [6.07, 6.45) is 8.37. The molecule has 0 N–H and O–H groups in total. The third-order valence-electron chi connectivity index (χ3n) is 5.33. The average molecular weight is 349 g/mol. The predicted octanol–water partition coefficient (Wildman–Crippen LogP) is 2.92. The van der Waals surface area contributed by atoms with Gasteiger partial charge in [0.25, 0.3) is 0 Å². The van der Waals surface area contributed by atoms with E-state index >= 15 is 0 Å². The molecule has 0 radical (unpaired) electrons. The van der Waals surface area contributed by atoms with Crippen molar-refractivity contribution in [3.63, 3.8) is 0 Å². The second-order valence-corrected chi connectivity index (χ2v) is 7.12. The van der Waals surface area contributed by atoms with Gasteiger partial charge < -0.3 is 9.64 Å². The third-order valence-corrected chi connectivity index (χ3v) is 5.33. The van der Waals surface area contributed by atoms with Gasteiger partial charge in [0.2, 0.25) is 5.88 Å². The molecule has 134 valence electrons. The summed E-state index contributed by atoms with van der Waals surface area (Å²) in [5.74, 6) is 2.15. The first-order valence-corrected chi connectivity index (χ1v) is 9.41. The molecule has 2 aliphatic rings. The van der Waals surface area contributed by atoms with Crippen molar-refractivity contribution in [2.45, 2.75) is 38.5 Å². The molecule has 0 amide bonds. The lowest BCUT2D eigenvalue weighted by Gasteiger charge is -2.32. The van der Waals surface area contributed by atoms with Gasteiger partial charge in [-0.25, -0.2) is 4.98 Å². The number of ether oxygens (including phenoxy) is 1. The molecule has 0 spiro atoms. The first kappa shape index (κ1) is 16.8. The number of rotatable bonds is 4. The van der Waals surface area contributed by atoms with E-state index in [1.807, 2.05) is 12.1 Å². The number of anilines is 1. The van der Waals surface area contributed by atoms with Gasteiger partial charge in [0.1, 0.15) is 11.9 Å². The number of nitriles is 1. The number of aryl methyl sites for hydroxylation is 2. The highest BCUT2D eigenvalue weighted by Gasteiger charge is 2.21. The van der Waals surface area contributed by atoms with E-state index in [0.29, 0.717) is 24.0 Å². The van der Waals surface area contributed by atoms with Crippen LogP contribution in [0.3, 0.4) is 0 Å². The molecule has 0 bridgehead atoms. The molecule has 0 saturated carbocycles. The lowest BCUT2D eigenvalue weighted by Crippen LogP contribution is -2.36. The van der Waals surface area contributed by atoms with Gasteiger partial charge in [0.05, 0.1) is 17.9 Å². The summed E-state index contributed by atoms with van der Waals surface area (Å²) in [6.45, 7) is 2.62. The average Bonchev–Trinajstić information content (AvgIpc) is 2.72. The van der Waals surface area contributed by atoms with E-state index in [4.69, 9.17) is 10.00 Å². The molecular formula is C20H23N5O. The molecule has 6 heteroatoms. The zero-order chi connectivity index (χ0) is 17.8. The Labute approximate surface area is 153 Å². The smallest absolute Gasteiger partial charge is 0.233 e. The van der Waals surface area contributed by atoms with Gasteiger partial charge in [-0.1, -0.05) is 0 Å². The molecule has 0 unspecified atom stereocenters. The molecule has 2 aromatic rings. The first-order chi connectivity index (χ1) is 12.8. The molecule has 1 saturated heterocycles. The van der Waals surface area contributed by atoms with Crippen molar-refractivity contribution in [1.29, 1.82) is 5.26 Å². The maximum Gasteiger partial charge on any atom is 0.233 e. The summed E-state index contributed by atoms with van der Waals surface area (Å²) < 4.78 is 5.94. The Bertz CT molecular complexity index is 791. The summed E-state index contributed by atoms with van der Waals surface area (Å²) in [7, 11) is 0. The minimum absolute atomic E-state index is 0.530. The first-order valence-electron chi connectivity index (χ1n) is 9.41. The van der Waals surface area contributed by atoms with Crippen molar-refractivity contribution in [2.75, 3.05) is 24.6 Å².